The van der Waals surface area contributed by atoms with E-state index in [-0.39, 0.29) is 12.6 Å². The number of nitrogens with one attached hydrogen (secondary N) is 2. The standard InChI is InChI=1S/C19H21N5O3/c1-24-18(17-6-4-5-7-20-17)10-14(23-24)12-21-19(25)22-13-8-15(26-2)11-16(9-13)27-3/h4-11H,12H2,1-3H3,(H2,21,22,25). The molecule has 0 radical (unpaired) electrons. The third-order valence-corrected chi connectivity index (χ3v) is 3.90. The smallest absolute Gasteiger partial charge is 0.319 e. The van der Waals surface area contributed by atoms with E-state index in [2.05, 4.69) is 20.7 Å². The first-order chi connectivity index (χ1) is 13.1. The van der Waals surface area contributed by atoms with E-state index in [1.54, 1.807) is 43.3 Å². The molecule has 3 aromatic rings. The lowest BCUT2D eigenvalue weighted by atomic mass is 10.2. The number of amides is 2. The molecule has 0 bridgehead atoms. The van der Waals surface area contributed by atoms with Crippen molar-refractivity contribution in [1.29, 1.82) is 0 Å². The van der Waals surface area contributed by atoms with Crippen LogP contribution in [0.1, 0.15) is 5.69 Å². The van der Waals surface area contributed by atoms with Gasteiger partial charge in [-0.2, -0.15) is 5.10 Å². The number of anilines is 1. The van der Waals surface area contributed by atoms with Crippen LogP contribution in [0.2, 0.25) is 0 Å². The Morgan fingerprint density at radius 1 is 1.11 bits per heavy atom. The Morgan fingerprint density at radius 3 is 2.48 bits per heavy atom. The van der Waals surface area contributed by atoms with Crippen molar-refractivity contribution >= 4 is 11.7 Å². The lowest BCUT2D eigenvalue weighted by Crippen LogP contribution is -2.28. The van der Waals surface area contributed by atoms with E-state index >= 15 is 0 Å². The van der Waals surface area contributed by atoms with E-state index < -0.39 is 0 Å². The molecule has 0 atom stereocenters. The number of carbonyl (C=O) groups is 1. The third kappa shape index (κ3) is 4.55. The molecule has 0 saturated carbocycles. The number of nitrogens with zero attached hydrogens (tertiary/aromatic N) is 3. The zero-order chi connectivity index (χ0) is 19.2. The number of rotatable bonds is 6. The molecule has 0 aliphatic carbocycles. The van der Waals surface area contributed by atoms with Crippen molar-refractivity contribution in [2.24, 2.45) is 7.05 Å². The SMILES string of the molecule is COc1cc(NC(=O)NCc2cc(-c3ccccn3)n(C)n2)cc(OC)c1. The summed E-state index contributed by atoms with van der Waals surface area (Å²) in [5.74, 6) is 1.18. The fourth-order valence-corrected chi connectivity index (χ4v) is 2.59. The summed E-state index contributed by atoms with van der Waals surface area (Å²) in [7, 11) is 4.95. The topological polar surface area (TPSA) is 90.3 Å². The van der Waals surface area contributed by atoms with Crippen molar-refractivity contribution in [2.75, 3.05) is 19.5 Å². The van der Waals surface area contributed by atoms with E-state index in [0.29, 0.717) is 17.2 Å². The maximum absolute atomic E-state index is 12.2. The minimum Gasteiger partial charge on any atom is -0.497 e. The Balaban J connectivity index is 1.63. The minimum atomic E-state index is -0.352. The summed E-state index contributed by atoms with van der Waals surface area (Å²) >= 11 is 0. The monoisotopic (exact) mass is 367 g/mol. The Hall–Kier alpha value is -3.55. The highest BCUT2D eigenvalue weighted by molar-refractivity contribution is 5.89. The molecule has 1 aromatic carbocycles. The molecular weight excluding hydrogens is 346 g/mol. The highest BCUT2D eigenvalue weighted by Crippen LogP contribution is 2.25. The summed E-state index contributed by atoms with van der Waals surface area (Å²) in [6.07, 6.45) is 1.73. The van der Waals surface area contributed by atoms with Crippen LogP contribution in [0.5, 0.6) is 11.5 Å². The molecule has 0 saturated heterocycles. The van der Waals surface area contributed by atoms with Gasteiger partial charge in [0.1, 0.15) is 11.5 Å². The summed E-state index contributed by atoms with van der Waals surface area (Å²) in [4.78, 5) is 16.5. The quantitative estimate of drug-likeness (QED) is 0.699. The van der Waals surface area contributed by atoms with Crippen molar-refractivity contribution < 1.29 is 14.3 Å². The fraction of sp³-hybridized carbons (Fsp3) is 0.211. The predicted molar refractivity (Wildman–Crippen MR) is 102 cm³/mol. The molecule has 2 aromatic heterocycles. The van der Waals surface area contributed by atoms with E-state index in [4.69, 9.17) is 9.47 Å². The van der Waals surface area contributed by atoms with Gasteiger partial charge in [-0.25, -0.2) is 4.79 Å². The highest BCUT2D eigenvalue weighted by atomic mass is 16.5. The average molecular weight is 367 g/mol. The average Bonchev–Trinajstić information content (AvgIpc) is 3.07. The van der Waals surface area contributed by atoms with Gasteiger partial charge in [0.25, 0.3) is 0 Å². The maximum Gasteiger partial charge on any atom is 0.319 e. The van der Waals surface area contributed by atoms with Crippen LogP contribution in [-0.2, 0) is 13.6 Å². The second-order valence-electron chi connectivity index (χ2n) is 5.77. The molecule has 0 aliphatic heterocycles. The summed E-state index contributed by atoms with van der Waals surface area (Å²) in [5, 5.41) is 9.96. The maximum atomic E-state index is 12.2. The van der Waals surface area contributed by atoms with Gasteiger partial charge in [-0.05, 0) is 18.2 Å². The van der Waals surface area contributed by atoms with Gasteiger partial charge in [0, 0.05) is 37.1 Å². The number of carbonyl (C=O) groups excluding carboxylic acids is 1. The van der Waals surface area contributed by atoms with Crippen molar-refractivity contribution in [2.45, 2.75) is 6.54 Å². The van der Waals surface area contributed by atoms with Crippen molar-refractivity contribution in [1.82, 2.24) is 20.1 Å². The number of benzene rings is 1. The fourth-order valence-electron chi connectivity index (χ4n) is 2.59. The van der Waals surface area contributed by atoms with Crippen LogP contribution >= 0.6 is 0 Å². The molecule has 140 valence electrons. The first-order valence-electron chi connectivity index (χ1n) is 8.31. The normalized spacial score (nSPS) is 10.3. The summed E-state index contributed by atoms with van der Waals surface area (Å²) < 4.78 is 12.1. The molecule has 2 N–H and O–H groups in total. The minimum absolute atomic E-state index is 0.285. The van der Waals surface area contributed by atoms with Crippen LogP contribution < -0.4 is 20.1 Å². The van der Waals surface area contributed by atoms with Gasteiger partial charge in [-0.1, -0.05) is 6.07 Å². The molecule has 8 nitrogen and oxygen atoms in total. The third-order valence-electron chi connectivity index (χ3n) is 3.90. The Kier molecular flexibility index (Phi) is 5.55. The van der Waals surface area contributed by atoms with Crippen LogP contribution in [0, 0.1) is 0 Å². The number of hydrogen-bond donors (Lipinski definition) is 2. The van der Waals surface area contributed by atoms with Crippen LogP contribution in [0.15, 0.2) is 48.7 Å². The molecule has 27 heavy (non-hydrogen) atoms. The van der Waals surface area contributed by atoms with Crippen LogP contribution in [0.25, 0.3) is 11.4 Å². The van der Waals surface area contributed by atoms with Gasteiger partial charge in [0.15, 0.2) is 0 Å². The molecule has 0 aliphatic rings. The van der Waals surface area contributed by atoms with Crippen LogP contribution in [0.4, 0.5) is 10.5 Å². The molecule has 3 rings (SSSR count). The first kappa shape index (κ1) is 18.2. The Morgan fingerprint density at radius 2 is 1.85 bits per heavy atom. The molecule has 0 fully saturated rings. The number of ether oxygens (including phenoxy) is 2. The molecule has 8 heteroatoms. The lowest BCUT2D eigenvalue weighted by Gasteiger charge is -2.10. The summed E-state index contributed by atoms with van der Waals surface area (Å²) in [6, 6.07) is 12.4. The van der Waals surface area contributed by atoms with Crippen LogP contribution in [-0.4, -0.2) is 35.0 Å². The Labute approximate surface area is 157 Å². The second kappa shape index (κ2) is 8.22. The predicted octanol–water partition coefficient (Wildman–Crippen LogP) is 2.82. The molecule has 2 amide bonds. The number of aryl methyl sites for hydroxylation is 1. The highest BCUT2D eigenvalue weighted by Gasteiger charge is 2.10. The second-order valence-corrected chi connectivity index (χ2v) is 5.77. The van der Waals surface area contributed by atoms with Gasteiger partial charge in [-0.15, -0.1) is 0 Å². The van der Waals surface area contributed by atoms with Gasteiger partial charge >= 0.3 is 6.03 Å². The van der Waals surface area contributed by atoms with E-state index in [1.807, 2.05) is 31.3 Å². The molecule has 0 unspecified atom stereocenters. The molecule has 0 spiro atoms. The van der Waals surface area contributed by atoms with Crippen molar-refractivity contribution in [3.05, 3.63) is 54.4 Å². The number of pyridine rings is 1. The molecular formula is C19H21N5O3. The largest absolute Gasteiger partial charge is 0.497 e. The summed E-state index contributed by atoms with van der Waals surface area (Å²) in [6.45, 7) is 0.285. The number of hydrogen-bond acceptors (Lipinski definition) is 5. The van der Waals surface area contributed by atoms with E-state index in [0.717, 1.165) is 17.1 Å². The van der Waals surface area contributed by atoms with Crippen molar-refractivity contribution in [3.63, 3.8) is 0 Å². The van der Waals surface area contributed by atoms with E-state index in [1.165, 1.54) is 0 Å². The van der Waals surface area contributed by atoms with Gasteiger partial charge in [0.05, 0.1) is 37.8 Å². The van der Waals surface area contributed by atoms with Crippen molar-refractivity contribution in [3.8, 4) is 22.9 Å². The van der Waals surface area contributed by atoms with Crippen LogP contribution in [0.3, 0.4) is 0 Å². The van der Waals surface area contributed by atoms with Gasteiger partial charge in [-0.3, -0.25) is 9.67 Å². The first-order valence-corrected chi connectivity index (χ1v) is 8.31. The van der Waals surface area contributed by atoms with Gasteiger partial charge in [0.2, 0.25) is 0 Å². The number of aromatic nitrogens is 3. The van der Waals surface area contributed by atoms with E-state index in [9.17, 15) is 4.79 Å². The summed E-state index contributed by atoms with van der Waals surface area (Å²) in [5.41, 5.74) is 3.01. The van der Waals surface area contributed by atoms with Gasteiger partial charge < -0.3 is 20.1 Å². The lowest BCUT2D eigenvalue weighted by molar-refractivity contribution is 0.251. The zero-order valence-corrected chi connectivity index (χ0v) is 15.4. The zero-order valence-electron chi connectivity index (χ0n) is 15.4. The molecule has 2 heterocycles. The number of methoxy groups -OCH3 is 2. The number of urea groups is 1. The Bertz CT molecular complexity index is 902.